The predicted octanol–water partition coefficient (Wildman–Crippen LogP) is 1.60. The molecule has 4 rings (SSSR count). The lowest BCUT2D eigenvalue weighted by molar-refractivity contribution is -0.141. The van der Waals surface area contributed by atoms with Crippen molar-refractivity contribution in [3.63, 3.8) is 0 Å². The molecular weight excluding hydrogens is 477 g/mol. The number of sulfone groups is 1. The zero-order valence-electron chi connectivity index (χ0n) is 17.4. The first-order valence-electron chi connectivity index (χ1n) is 9.39. The van der Waals surface area contributed by atoms with Crippen molar-refractivity contribution in [2.24, 2.45) is 7.05 Å². The highest BCUT2D eigenvalue weighted by Gasteiger charge is 2.33. The number of rotatable bonds is 5. The Morgan fingerprint density at radius 3 is 2.47 bits per heavy atom. The number of alkyl halides is 3. The molecule has 4 aromatic rings. The number of pyridine rings is 1. The molecule has 0 unspecified atom stereocenters. The first-order valence-corrected chi connectivity index (χ1v) is 11.0. The predicted molar refractivity (Wildman–Crippen MR) is 108 cm³/mol. The maximum atomic E-state index is 13.0. The van der Waals surface area contributed by atoms with Gasteiger partial charge < -0.3 is 4.57 Å². The van der Waals surface area contributed by atoms with Crippen LogP contribution in [-0.4, -0.2) is 58.7 Å². The number of aromatic nitrogens is 9. The van der Waals surface area contributed by atoms with E-state index in [2.05, 4.69) is 35.2 Å². The quantitative estimate of drug-likeness (QED) is 0.402. The van der Waals surface area contributed by atoms with E-state index in [1.807, 2.05) is 0 Å². The minimum Gasteiger partial charge on any atom is -0.307 e. The number of hydrogen-bond acceptors (Lipinski definition) is 10. The summed E-state index contributed by atoms with van der Waals surface area (Å²) in [4.78, 5) is 14.8. The van der Waals surface area contributed by atoms with E-state index in [4.69, 9.17) is 5.26 Å². The van der Waals surface area contributed by atoms with Crippen LogP contribution in [0, 0.1) is 11.3 Å². The summed E-state index contributed by atoms with van der Waals surface area (Å²) in [6.45, 7) is 1.44. The molecule has 34 heavy (non-hydrogen) atoms. The van der Waals surface area contributed by atoms with E-state index in [0.717, 1.165) is 6.33 Å². The zero-order chi connectivity index (χ0) is 24.7. The van der Waals surface area contributed by atoms with Crippen LogP contribution < -0.4 is 0 Å². The molecule has 12 nitrogen and oxygen atoms in total. The number of halogens is 3. The third kappa shape index (κ3) is 4.08. The Labute approximate surface area is 189 Å². The van der Waals surface area contributed by atoms with E-state index < -0.39 is 21.7 Å². The van der Waals surface area contributed by atoms with Gasteiger partial charge in [-0.1, -0.05) is 6.92 Å². The summed E-state index contributed by atoms with van der Waals surface area (Å²) in [7, 11) is -2.41. The van der Waals surface area contributed by atoms with Crippen LogP contribution in [0.25, 0.3) is 28.7 Å². The molecule has 0 aliphatic heterocycles. The fourth-order valence-electron chi connectivity index (χ4n) is 2.95. The summed E-state index contributed by atoms with van der Waals surface area (Å²) in [5, 5.41) is 20.7. The molecule has 0 aliphatic rings. The van der Waals surface area contributed by atoms with Crippen molar-refractivity contribution < 1.29 is 21.6 Å². The number of hydrogen-bond donors (Lipinski definition) is 0. The van der Waals surface area contributed by atoms with Crippen molar-refractivity contribution in [3.05, 3.63) is 42.5 Å². The minimum absolute atomic E-state index is 0.0166. The van der Waals surface area contributed by atoms with Gasteiger partial charge in [-0.15, -0.1) is 15.3 Å². The lowest BCUT2D eigenvalue weighted by Gasteiger charge is -2.11. The highest BCUT2D eigenvalue weighted by atomic mass is 32.2. The smallest absolute Gasteiger partial charge is 0.307 e. The fourth-order valence-corrected chi connectivity index (χ4v) is 4.00. The van der Waals surface area contributed by atoms with Crippen LogP contribution in [0.5, 0.6) is 0 Å². The normalized spacial score (nSPS) is 12.0. The summed E-state index contributed by atoms with van der Waals surface area (Å²) in [6, 6.07) is 3.77. The molecule has 0 saturated heterocycles. The van der Waals surface area contributed by atoms with Gasteiger partial charge in [0.25, 0.3) is 5.82 Å². The van der Waals surface area contributed by atoms with E-state index in [0.29, 0.717) is 6.07 Å². The Balaban J connectivity index is 1.86. The van der Waals surface area contributed by atoms with Crippen molar-refractivity contribution in [1.82, 2.24) is 44.5 Å². The lowest BCUT2D eigenvalue weighted by atomic mass is 10.3. The molecule has 0 aliphatic carbocycles. The van der Waals surface area contributed by atoms with Gasteiger partial charge in [-0.3, -0.25) is 0 Å². The molecule has 4 heterocycles. The molecule has 0 bridgehead atoms. The molecule has 0 saturated carbocycles. The SMILES string of the molecule is CCS(=O)(=O)c1cc(-n2cnc(C#N)n2)cnc1-c1nnc(-c2cc(C(F)(F)F)ncn2)n1C. The van der Waals surface area contributed by atoms with Gasteiger partial charge in [-0.2, -0.15) is 18.4 Å². The van der Waals surface area contributed by atoms with Gasteiger partial charge in [0, 0.05) is 7.05 Å². The first-order chi connectivity index (χ1) is 16.0. The van der Waals surface area contributed by atoms with E-state index in [1.165, 1.54) is 41.8 Å². The van der Waals surface area contributed by atoms with Gasteiger partial charge in [0.2, 0.25) is 0 Å². The van der Waals surface area contributed by atoms with Crippen LogP contribution >= 0.6 is 0 Å². The molecule has 4 aromatic heterocycles. The Bertz CT molecular complexity index is 1540. The Kier molecular flexibility index (Phi) is 5.57. The molecule has 0 atom stereocenters. The average Bonchev–Trinajstić information content (AvgIpc) is 3.45. The highest BCUT2D eigenvalue weighted by molar-refractivity contribution is 7.91. The van der Waals surface area contributed by atoms with Crippen LogP contribution in [-0.2, 0) is 23.1 Å². The minimum atomic E-state index is -4.69. The van der Waals surface area contributed by atoms with Gasteiger partial charge in [-0.25, -0.2) is 33.0 Å². The highest BCUT2D eigenvalue weighted by Crippen LogP contribution is 2.31. The topological polar surface area (TPSA) is 158 Å². The van der Waals surface area contributed by atoms with E-state index in [9.17, 15) is 21.6 Å². The first kappa shape index (κ1) is 22.9. The largest absolute Gasteiger partial charge is 0.433 e. The van der Waals surface area contributed by atoms with Crippen LogP contribution in [0.4, 0.5) is 13.2 Å². The second-order valence-corrected chi connectivity index (χ2v) is 9.01. The Hall–Kier alpha value is -4.26. The summed E-state index contributed by atoms with van der Waals surface area (Å²) < 4.78 is 67.3. The van der Waals surface area contributed by atoms with Crippen LogP contribution in [0.15, 0.2) is 35.9 Å². The third-order valence-electron chi connectivity index (χ3n) is 4.68. The van der Waals surface area contributed by atoms with Crippen molar-refractivity contribution in [1.29, 1.82) is 5.26 Å². The second-order valence-electron chi connectivity index (χ2n) is 6.76. The average molecular weight is 490 g/mol. The molecule has 0 N–H and O–H groups in total. The van der Waals surface area contributed by atoms with Crippen molar-refractivity contribution in [2.75, 3.05) is 5.75 Å². The van der Waals surface area contributed by atoms with E-state index in [-0.39, 0.29) is 45.2 Å². The lowest BCUT2D eigenvalue weighted by Crippen LogP contribution is -2.11. The van der Waals surface area contributed by atoms with Gasteiger partial charge in [-0.05, 0) is 12.1 Å². The summed E-state index contributed by atoms with van der Waals surface area (Å²) >= 11 is 0. The summed E-state index contributed by atoms with van der Waals surface area (Å²) in [5.74, 6) is -0.456. The summed E-state index contributed by atoms with van der Waals surface area (Å²) in [6.07, 6.45) is -1.42. The summed E-state index contributed by atoms with van der Waals surface area (Å²) in [5.41, 5.74) is -1.18. The zero-order valence-corrected chi connectivity index (χ0v) is 18.2. The van der Waals surface area contributed by atoms with Crippen LogP contribution in [0.3, 0.4) is 0 Å². The second kappa shape index (κ2) is 8.26. The van der Waals surface area contributed by atoms with Gasteiger partial charge in [0.1, 0.15) is 35.8 Å². The fraction of sp³-hybridized carbons (Fsp3) is 0.222. The molecule has 0 radical (unpaired) electrons. The number of nitrogens with zero attached hydrogens (tertiary/aromatic N) is 10. The van der Waals surface area contributed by atoms with Crippen molar-refractivity contribution in [3.8, 4) is 34.8 Å². The van der Waals surface area contributed by atoms with Crippen LogP contribution in [0.1, 0.15) is 18.4 Å². The molecule has 16 heteroatoms. The van der Waals surface area contributed by atoms with Gasteiger partial charge in [0.05, 0.1) is 22.5 Å². The monoisotopic (exact) mass is 490 g/mol. The molecule has 0 fully saturated rings. The van der Waals surface area contributed by atoms with Gasteiger partial charge >= 0.3 is 6.18 Å². The number of nitriles is 1. The molecule has 0 spiro atoms. The van der Waals surface area contributed by atoms with Crippen LogP contribution in [0.2, 0.25) is 0 Å². The third-order valence-corrected chi connectivity index (χ3v) is 6.42. The molecule has 174 valence electrons. The van der Waals surface area contributed by atoms with Gasteiger partial charge in [0.15, 0.2) is 21.5 Å². The van der Waals surface area contributed by atoms with E-state index in [1.54, 1.807) is 6.07 Å². The maximum absolute atomic E-state index is 13.0. The molecule has 0 amide bonds. The molecule has 0 aromatic carbocycles. The molecular formula is C18H13F3N10O2S. The van der Waals surface area contributed by atoms with Crippen molar-refractivity contribution in [2.45, 2.75) is 18.0 Å². The Morgan fingerprint density at radius 2 is 1.82 bits per heavy atom. The Morgan fingerprint density at radius 1 is 1.09 bits per heavy atom. The van der Waals surface area contributed by atoms with E-state index >= 15 is 0 Å². The standard InChI is InChI=1S/C18H13F3N10O2S/c1-3-34(32,33)12-4-10(31-9-26-14(6-22)29-31)7-23-15(12)17-28-27-16(30(17)2)11-5-13(18(19,20)21)25-8-24-11/h4-5,7-9H,3H2,1-2H3. The maximum Gasteiger partial charge on any atom is 0.433 e. The van der Waals surface area contributed by atoms with Crippen molar-refractivity contribution >= 4 is 9.84 Å².